The van der Waals surface area contributed by atoms with E-state index in [4.69, 9.17) is 0 Å². The van der Waals surface area contributed by atoms with Gasteiger partial charge in [0.25, 0.3) is 0 Å². The molecule has 0 saturated carbocycles. The van der Waals surface area contributed by atoms with Crippen LogP contribution in [-0.2, 0) is 15.5 Å². The summed E-state index contributed by atoms with van der Waals surface area (Å²) in [5.41, 5.74) is 4.63. The molecule has 0 fully saturated rings. The van der Waals surface area contributed by atoms with Gasteiger partial charge in [0, 0.05) is 11.2 Å². The summed E-state index contributed by atoms with van der Waals surface area (Å²) in [4.78, 5) is 0. The maximum absolute atomic E-state index is 10.8. The topological polar surface area (TPSA) is 57.2 Å². The molecule has 0 radical (unpaired) electrons. The summed E-state index contributed by atoms with van der Waals surface area (Å²) in [5, 5.41) is 0. The van der Waals surface area contributed by atoms with Crippen LogP contribution in [0, 0.1) is 0 Å². The molecule has 2 aromatic rings. The fourth-order valence-corrected chi connectivity index (χ4v) is 3.91. The van der Waals surface area contributed by atoms with E-state index < -0.39 is 10.1 Å². The van der Waals surface area contributed by atoms with Gasteiger partial charge in [-0.05, 0) is 35.1 Å². The minimum atomic E-state index is -4.15. The van der Waals surface area contributed by atoms with E-state index in [1.807, 2.05) is 24.3 Å². The quantitative estimate of drug-likeness (QED) is 0.600. The molecule has 3 rings (SSSR count). The number of benzene rings is 2. The average Bonchev–Trinajstić information content (AvgIpc) is 2.69. The van der Waals surface area contributed by atoms with Crippen LogP contribution in [0.2, 0.25) is 0 Å². The maximum Gasteiger partial charge on any atom is 1.00 e. The van der Waals surface area contributed by atoms with Crippen molar-refractivity contribution in [1.82, 2.24) is 0 Å². The Hall–Kier alpha value is -0.650. The van der Waals surface area contributed by atoms with Crippen molar-refractivity contribution in [1.29, 1.82) is 0 Å². The first-order valence-electron chi connectivity index (χ1n) is 7.05. The summed E-state index contributed by atoms with van der Waals surface area (Å²) < 4.78 is 32.5. The number of hydrogen-bond donors (Lipinski definition) is 0. The maximum atomic E-state index is 10.8. The Balaban J connectivity index is 0.00000176. The van der Waals surface area contributed by atoms with Gasteiger partial charge in [0.15, 0.2) is 0 Å². The first kappa shape index (κ1) is 17.7. The first-order valence-corrected chi connectivity index (χ1v) is 8.62. The molecule has 0 aliphatic heterocycles. The molecular weight excluding hydrogens is 307 g/mol. The molecule has 0 unspecified atom stereocenters. The van der Waals surface area contributed by atoms with E-state index in [1.54, 1.807) is 0 Å². The molecule has 1 aliphatic carbocycles. The Morgan fingerprint density at radius 2 is 1.41 bits per heavy atom. The molecule has 1 aliphatic rings. The van der Waals surface area contributed by atoms with Crippen molar-refractivity contribution in [3.05, 3.63) is 59.7 Å². The summed E-state index contributed by atoms with van der Waals surface area (Å²) in [5.74, 6) is -0.299. The van der Waals surface area contributed by atoms with Gasteiger partial charge in [-0.3, -0.25) is 0 Å². The minimum absolute atomic E-state index is 0. The van der Waals surface area contributed by atoms with Crippen LogP contribution in [0.25, 0.3) is 11.1 Å². The zero-order valence-corrected chi connectivity index (χ0v) is 15.7. The Morgan fingerprint density at radius 3 is 1.86 bits per heavy atom. The predicted octanol–water partition coefficient (Wildman–Crippen LogP) is 0.302. The molecular formula is C17H17NaO3S. The third-order valence-corrected chi connectivity index (χ3v) is 5.19. The van der Waals surface area contributed by atoms with Crippen molar-refractivity contribution < 1.29 is 42.5 Å². The molecule has 0 N–H and O–H groups in total. The SMILES string of the molecule is CC1(CCCS(=O)(=O)[O-])c2ccccc2-c2ccccc21.[Na+]. The molecule has 0 heterocycles. The smallest absolute Gasteiger partial charge is 0.748 e. The summed E-state index contributed by atoms with van der Waals surface area (Å²) >= 11 is 0. The van der Waals surface area contributed by atoms with Crippen LogP contribution in [0.1, 0.15) is 30.9 Å². The third kappa shape index (κ3) is 3.17. The second-order valence-corrected chi connectivity index (χ2v) is 7.31. The second kappa shape index (κ2) is 6.46. The van der Waals surface area contributed by atoms with Crippen LogP contribution < -0.4 is 29.6 Å². The predicted molar refractivity (Wildman–Crippen MR) is 82.1 cm³/mol. The van der Waals surface area contributed by atoms with Crippen LogP contribution >= 0.6 is 0 Å². The molecule has 0 aromatic heterocycles. The van der Waals surface area contributed by atoms with Crippen molar-refractivity contribution in [2.45, 2.75) is 25.2 Å². The van der Waals surface area contributed by atoms with E-state index in [9.17, 15) is 13.0 Å². The van der Waals surface area contributed by atoms with E-state index in [0.717, 1.165) is 0 Å². The fraction of sp³-hybridized carbons (Fsp3) is 0.294. The summed E-state index contributed by atoms with van der Waals surface area (Å²) in [7, 11) is -4.15. The molecule has 110 valence electrons. The van der Waals surface area contributed by atoms with Gasteiger partial charge in [-0.1, -0.05) is 55.5 Å². The number of rotatable bonds is 4. The Morgan fingerprint density at radius 1 is 0.955 bits per heavy atom. The van der Waals surface area contributed by atoms with Gasteiger partial charge >= 0.3 is 29.6 Å². The Bertz CT molecular complexity index is 738. The van der Waals surface area contributed by atoms with Gasteiger partial charge in [0.2, 0.25) is 0 Å². The van der Waals surface area contributed by atoms with Crippen molar-refractivity contribution >= 4 is 10.1 Å². The van der Waals surface area contributed by atoms with Crippen LogP contribution in [-0.4, -0.2) is 18.7 Å². The third-order valence-electron chi connectivity index (χ3n) is 4.40. The normalized spacial score (nSPS) is 14.8. The molecule has 0 atom stereocenters. The summed E-state index contributed by atoms with van der Waals surface area (Å²) in [6.07, 6.45) is 1.04. The zero-order chi connectivity index (χ0) is 15.1. The van der Waals surface area contributed by atoms with Gasteiger partial charge in [0.1, 0.15) is 0 Å². The Labute approximate surface area is 153 Å². The Kier molecular flexibility index (Phi) is 5.20. The van der Waals surface area contributed by atoms with Crippen LogP contribution in [0.3, 0.4) is 0 Å². The van der Waals surface area contributed by atoms with E-state index >= 15 is 0 Å². The minimum Gasteiger partial charge on any atom is -0.748 e. The van der Waals surface area contributed by atoms with Crippen molar-refractivity contribution in [2.24, 2.45) is 0 Å². The van der Waals surface area contributed by atoms with Crippen LogP contribution in [0.15, 0.2) is 48.5 Å². The van der Waals surface area contributed by atoms with E-state index in [2.05, 4.69) is 31.2 Å². The molecule has 3 nitrogen and oxygen atoms in total. The van der Waals surface area contributed by atoms with Gasteiger partial charge in [0.05, 0.1) is 10.1 Å². The van der Waals surface area contributed by atoms with Crippen LogP contribution in [0.5, 0.6) is 0 Å². The fourth-order valence-electron chi connectivity index (χ4n) is 3.42. The molecule has 0 spiro atoms. The average molecular weight is 324 g/mol. The number of fused-ring (bicyclic) bond motifs is 3. The van der Waals surface area contributed by atoms with E-state index in [-0.39, 0.29) is 40.7 Å². The monoisotopic (exact) mass is 324 g/mol. The van der Waals surface area contributed by atoms with Gasteiger partial charge in [-0.2, -0.15) is 0 Å². The van der Waals surface area contributed by atoms with Crippen molar-refractivity contribution in [2.75, 3.05) is 5.75 Å². The summed E-state index contributed by atoms with van der Waals surface area (Å²) in [6.45, 7) is 2.13. The second-order valence-electron chi connectivity index (χ2n) is 5.79. The molecule has 5 heteroatoms. The summed E-state index contributed by atoms with van der Waals surface area (Å²) in [6, 6.07) is 16.4. The number of hydrogen-bond acceptors (Lipinski definition) is 3. The zero-order valence-electron chi connectivity index (χ0n) is 12.9. The standard InChI is InChI=1S/C17H18O3S.Na/c1-17(11-6-12-21(18,19)20)15-9-4-2-7-13(15)14-8-3-5-10-16(14)17;/h2-5,7-10H,6,11-12H2,1H3,(H,18,19,20);/q;+1/p-1. The molecule has 0 bridgehead atoms. The van der Waals surface area contributed by atoms with E-state index in [0.29, 0.717) is 12.8 Å². The van der Waals surface area contributed by atoms with Crippen molar-refractivity contribution in [3.63, 3.8) is 0 Å². The molecule has 22 heavy (non-hydrogen) atoms. The molecule has 2 aromatic carbocycles. The largest absolute Gasteiger partial charge is 1.00 e. The van der Waals surface area contributed by atoms with Crippen molar-refractivity contribution in [3.8, 4) is 11.1 Å². The van der Waals surface area contributed by atoms with Gasteiger partial charge < -0.3 is 4.55 Å². The first-order chi connectivity index (χ1) is 9.92. The van der Waals surface area contributed by atoms with Gasteiger partial charge in [-0.15, -0.1) is 0 Å². The van der Waals surface area contributed by atoms with Crippen LogP contribution in [0.4, 0.5) is 0 Å². The molecule has 0 saturated heterocycles. The van der Waals surface area contributed by atoms with E-state index in [1.165, 1.54) is 22.3 Å². The van der Waals surface area contributed by atoms with Gasteiger partial charge in [-0.25, -0.2) is 8.42 Å². The molecule has 0 amide bonds.